The molecule has 0 spiro atoms. The fourth-order valence-corrected chi connectivity index (χ4v) is 7.03. The summed E-state index contributed by atoms with van der Waals surface area (Å²) in [6.45, 7) is 0. The number of rotatable bonds is 5. The summed E-state index contributed by atoms with van der Waals surface area (Å²) >= 11 is 0. The maximum absolute atomic E-state index is 11.8. The fourth-order valence-electron chi connectivity index (χ4n) is 3.03. The molecule has 4 heteroatoms. The van der Waals surface area contributed by atoms with Crippen LogP contribution in [0.25, 0.3) is 0 Å². The first-order valence-electron chi connectivity index (χ1n) is 7.64. The van der Waals surface area contributed by atoms with Crippen molar-refractivity contribution in [3.05, 3.63) is 91.0 Å². The van der Waals surface area contributed by atoms with E-state index in [1.807, 2.05) is 91.0 Å². The number of aliphatic carboxylic acids is 1. The summed E-state index contributed by atoms with van der Waals surface area (Å²) in [4.78, 5) is 11.8. The van der Waals surface area contributed by atoms with Crippen LogP contribution in [-0.2, 0) is 4.79 Å². The van der Waals surface area contributed by atoms with Crippen LogP contribution >= 0.6 is 7.26 Å². The monoisotopic (exact) mass is 337 g/mol. The molecule has 120 valence electrons. The molecule has 0 aromatic heterocycles. The van der Waals surface area contributed by atoms with Crippen molar-refractivity contribution < 1.29 is 15.0 Å². The summed E-state index contributed by atoms with van der Waals surface area (Å²) in [6, 6.07) is 28.4. The Balaban J connectivity index is 2.39. The quantitative estimate of drug-likeness (QED) is 0.703. The van der Waals surface area contributed by atoms with Crippen molar-refractivity contribution >= 4 is 29.1 Å². The van der Waals surface area contributed by atoms with Crippen LogP contribution < -0.4 is 15.9 Å². The molecule has 2 N–H and O–H groups in total. The van der Waals surface area contributed by atoms with Gasteiger partial charge in [0.1, 0.15) is 15.9 Å². The topological polar surface area (TPSA) is 57.5 Å². The molecule has 1 atom stereocenters. The van der Waals surface area contributed by atoms with Crippen molar-refractivity contribution in [2.24, 2.45) is 0 Å². The summed E-state index contributed by atoms with van der Waals surface area (Å²) in [6.07, 6.45) is 0. The minimum absolute atomic E-state index is 0.845. The van der Waals surface area contributed by atoms with Gasteiger partial charge in [0.25, 0.3) is 5.85 Å². The third-order valence-corrected chi connectivity index (χ3v) is 8.37. The molecule has 3 aromatic carbocycles. The van der Waals surface area contributed by atoms with Gasteiger partial charge in [-0.3, -0.25) is 0 Å². The first-order chi connectivity index (χ1) is 11.7. The zero-order valence-corrected chi connectivity index (χ0v) is 13.9. The SMILES string of the molecule is O=C(O)C(O)[P+](c1ccccc1)(c1ccccc1)c1ccccc1. The third-order valence-electron chi connectivity index (χ3n) is 4.08. The Bertz CT molecular complexity index is 707. The van der Waals surface area contributed by atoms with Crippen molar-refractivity contribution in [1.82, 2.24) is 0 Å². The molecule has 0 aliphatic carbocycles. The van der Waals surface area contributed by atoms with E-state index in [4.69, 9.17) is 0 Å². The van der Waals surface area contributed by atoms with Gasteiger partial charge in [-0.15, -0.1) is 0 Å². The number of benzene rings is 3. The molecule has 24 heavy (non-hydrogen) atoms. The molecule has 3 aromatic rings. The van der Waals surface area contributed by atoms with Crippen LogP contribution in [0, 0.1) is 0 Å². The molecule has 1 unspecified atom stereocenters. The first kappa shape index (κ1) is 16.4. The molecule has 3 nitrogen and oxygen atoms in total. The lowest BCUT2D eigenvalue weighted by Crippen LogP contribution is -2.42. The predicted octanol–water partition coefficient (Wildman–Crippen LogP) is 2.38. The number of carbonyl (C=O) groups is 1. The minimum atomic E-state index is -2.74. The number of aliphatic hydroxyl groups excluding tert-OH is 1. The van der Waals surface area contributed by atoms with Crippen molar-refractivity contribution in [3.63, 3.8) is 0 Å². The maximum Gasteiger partial charge on any atom is 0.373 e. The highest BCUT2D eigenvalue weighted by atomic mass is 31.2. The van der Waals surface area contributed by atoms with E-state index in [0.717, 1.165) is 15.9 Å². The Hall–Kier alpha value is -2.48. The minimum Gasteiger partial charge on any atom is -0.476 e. The molecule has 0 radical (unpaired) electrons. The standard InChI is InChI=1S/C20H17O3P/c21-19(22)20(23)24(16-10-4-1-5-11-16,17-12-6-2-7-13-17)18-14-8-3-9-15-18/h1-15,20,23H/p+1. The molecule has 3 rings (SSSR count). The maximum atomic E-state index is 11.8. The van der Waals surface area contributed by atoms with Gasteiger partial charge in [0.2, 0.25) is 0 Å². The Morgan fingerprint density at radius 1 is 0.667 bits per heavy atom. The fraction of sp³-hybridized carbons (Fsp3) is 0.0500. The van der Waals surface area contributed by atoms with Gasteiger partial charge in [-0.1, -0.05) is 54.6 Å². The molecule has 0 heterocycles. The molecule has 0 saturated heterocycles. The molecular formula is C20H18O3P+. The lowest BCUT2D eigenvalue weighted by Gasteiger charge is -2.29. The smallest absolute Gasteiger partial charge is 0.373 e. The Labute approximate surface area is 141 Å². The second-order valence-electron chi connectivity index (χ2n) is 5.44. The summed E-state index contributed by atoms with van der Waals surface area (Å²) in [7, 11) is -2.74. The van der Waals surface area contributed by atoms with E-state index in [0.29, 0.717) is 0 Å². The van der Waals surface area contributed by atoms with E-state index < -0.39 is 19.1 Å². The Morgan fingerprint density at radius 3 is 1.21 bits per heavy atom. The van der Waals surface area contributed by atoms with Crippen LogP contribution in [0.3, 0.4) is 0 Å². The number of aliphatic hydroxyl groups is 1. The van der Waals surface area contributed by atoms with Gasteiger partial charge in [0.15, 0.2) is 7.26 Å². The molecule has 0 fully saturated rings. The van der Waals surface area contributed by atoms with Gasteiger partial charge < -0.3 is 10.2 Å². The highest BCUT2D eigenvalue weighted by Gasteiger charge is 2.55. The summed E-state index contributed by atoms with van der Waals surface area (Å²) in [5, 5.41) is 23.1. The average molecular weight is 337 g/mol. The summed E-state index contributed by atoms with van der Waals surface area (Å²) in [5.74, 6) is -2.72. The summed E-state index contributed by atoms with van der Waals surface area (Å²) < 4.78 is 0. The molecule has 0 aliphatic rings. The van der Waals surface area contributed by atoms with Crippen molar-refractivity contribution in [2.45, 2.75) is 5.85 Å². The van der Waals surface area contributed by atoms with Crippen LogP contribution in [0.15, 0.2) is 91.0 Å². The van der Waals surface area contributed by atoms with Crippen molar-refractivity contribution in [1.29, 1.82) is 0 Å². The average Bonchev–Trinajstić information content (AvgIpc) is 2.65. The second-order valence-corrected chi connectivity index (χ2v) is 8.93. The van der Waals surface area contributed by atoms with Crippen LogP contribution in [0.2, 0.25) is 0 Å². The first-order valence-corrected chi connectivity index (χ1v) is 9.49. The zero-order valence-electron chi connectivity index (χ0n) is 13.0. The second kappa shape index (κ2) is 6.96. The van der Waals surface area contributed by atoms with Crippen molar-refractivity contribution in [2.75, 3.05) is 0 Å². The molecular weight excluding hydrogens is 319 g/mol. The molecule has 0 amide bonds. The molecule has 0 saturated carbocycles. The number of carboxylic acid groups (broad SMARTS) is 1. The van der Waals surface area contributed by atoms with E-state index in [1.54, 1.807) is 0 Å². The van der Waals surface area contributed by atoms with E-state index in [9.17, 15) is 15.0 Å². The van der Waals surface area contributed by atoms with Crippen LogP contribution in [-0.4, -0.2) is 22.0 Å². The number of hydrogen-bond acceptors (Lipinski definition) is 2. The Kier molecular flexibility index (Phi) is 4.75. The van der Waals surface area contributed by atoms with E-state index in [-0.39, 0.29) is 0 Å². The van der Waals surface area contributed by atoms with Gasteiger partial charge in [-0.05, 0) is 36.4 Å². The van der Waals surface area contributed by atoms with Gasteiger partial charge in [-0.2, -0.15) is 0 Å². The molecule has 0 bridgehead atoms. The van der Waals surface area contributed by atoms with Gasteiger partial charge in [0.05, 0.1) is 0 Å². The predicted molar refractivity (Wildman–Crippen MR) is 98.8 cm³/mol. The normalized spacial score (nSPS) is 12.5. The van der Waals surface area contributed by atoms with E-state index in [2.05, 4.69) is 0 Å². The summed E-state index contributed by atoms with van der Waals surface area (Å²) in [5.41, 5.74) is 0. The van der Waals surface area contributed by atoms with Crippen LogP contribution in [0.5, 0.6) is 0 Å². The van der Waals surface area contributed by atoms with Gasteiger partial charge in [-0.25, -0.2) is 4.79 Å². The van der Waals surface area contributed by atoms with Crippen molar-refractivity contribution in [3.8, 4) is 0 Å². The molecule has 0 aliphatic heterocycles. The number of hydrogen-bond donors (Lipinski definition) is 2. The van der Waals surface area contributed by atoms with E-state index >= 15 is 0 Å². The highest BCUT2D eigenvalue weighted by Crippen LogP contribution is 2.58. The largest absolute Gasteiger partial charge is 0.476 e. The number of carboxylic acids is 1. The lowest BCUT2D eigenvalue weighted by molar-refractivity contribution is -0.142. The van der Waals surface area contributed by atoms with Crippen LogP contribution in [0.1, 0.15) is 0 Å². The highest BCUT2D eigenvalue weighted by molar-refractivity contribution is 7.96. The third kappa shape index (κ3) is 2.73. The Morgan fingerprint density at radius 2 is 0.958 bits per heavy atom. The van der Waals surface area contributed by atoms with Crippen LogP contribution in [0.4, 0.5) is 0 Å². The lowest BCUT2D eigenvalue weighted by atomic mass is 10.4. The van der Waals surface area contributed by atoms with Gasteiger partial charge >= 0.3 is 5.97 Å². The zero-order chi connectivity index (χ0) is 17.0. The van der Waals surface area contributed by atoms with E-state index in [1.165, 1.54) is 0 Å². The van der Waals surface area contributed by atoms with Gasteiger partial charge in [0, 0.05) is 0 Å².